The van der Waals surface area contributed by atoms with Crippen LogP contribution in [0.5, 0.6) is 0 Å². The van der Waals surface area contributed by atoms with Crippen LogP contribution in [0.25, 0.3) is 0 Å². The summed E-state index contributed by atoms with van der Waals surface area (Å²) in [6.45, 7) is 9.26. The molecule has 1 rings (SSSR count). The molecule has 0 aromatic carbocycles. The van der Waals surface area contributed by atoms with Crippen LogP contribution in [0, 0.1) is 0 Å². The molecule has 0 radical (unpaired) electrons. The van der Waals surface area contributed by atoms with E-state index in [-0.39, 0.29) is 19.4 Å². The molecular formula is C15H26O6Si. The third-order valence-corrected chi connectivity index (χ3v) is 4.65. The Kier molecular flexibility index (Phi) is 7.81. The topological polar surface area (TPSA) is 67.1 Å². The van der Waals surface area contributed by atoms with Crippen LogP contribution in [0.2, 0.25) is 19.6 Å². The fraction of sp³-hybridized carbons (Fsp3) is 0.667. The van der Waals surface area contributed by atoms with Gasteiger partial charge in [0.05, 0.1) is 31.5 Å². The first-order valence-electron chi connectivity index (χ1n) is 7.25. The average Bonchev–Trinajstić information content (AvgIpc) is 2.90. The monoisotopic (exact) mass is 330 g/mol. The molecule has 7 heteroatoms. The van der Waals surface area contributed by atoms with Gasteiger partial charge >= 0.3 is 5.97 Å². The van der Waals surface area contributed by atoms with Crippen molar-refractivity contribution in [3.05, 3.63) is 17.9 Å². The van der Waals surface area contributed by atoms with E-state index in [2.05, 4.69) is 19.6 Å². The SMILES string of the molecule is COCCOCOCC(OC(C)=O)c1coc([Si](C)(C)C)c1. The number of ether oxygens (including phenoxy) is 4. The molecule has 0 bridgehead atoms. The van der Waals surface area contributed by atoms with Gasteiger partial charge in [-0.25, -0.2) is 0 Å². The summed E-state index contributed by atoms with van der Waals surface area (Å²) in [4.78, 5) is 11.3. The van der Waals surface area contributed by atoms with E-state index < -0.39 is 14.2 Å². The molecule has 1 atom stereocenters. The van der Waals surface area contributed by atoms with Crippen molar-refractivity contribution in [3.8, 4) is 0 Å². The summed E-state index contributed by atoms with van der Waals surface area (Å²) in [5, 5.41) is 0.969. The lowest BCUT2D eigenvalue weighted by Gasteiger charge is -2.16. The Morgan fingerprint density at radius 2 is 2.00 bits per heavy atom. The number of carbonyl (C=O) groups is 1. The zero-order valence-electron chi connectivity index (χ0n) is 14.0. The fourth-order valence-electron chi connectivity index (χ4n) is 1.73. The molecule has 0 fully saturated rings. The van der Waals surface area contributed by atoms with E-state index in [1.807, 2.05) is 6.07 Å². The molecule has 6 nitrogen and oxygen atoms in total. The van der Waals surface area contributed by atoms with Gasteiger partial charge in [-0.3, -0.25) is 4.79 Å². The molecule has 22 heavy (non-hydrogen) atoms. The molecule has 0 amide bonds. The summed E-state index contributed by atoms with van der Waals surface area (Å²) in [7, 11) is 0.0692. The highest BCUT2D eigenvalue weighted by Gasteiger charge is 2.24. The van der Waals surface area contributed by atoms with Crippen LogP contribution < -0.4 is 5.38 Å². The van der Waals surface area contributed by atoms with Crippen LogP contribution in [-0.2, 0) is 23.7 Å². The van der Waals surface area contributed by atoms with Gasteiger partial charge in [-0.15, -0.1) is 0 Å². The second kappa shape index (κ2) is 9.09. The van der Waals surface area contributed by atoms with Crippen LogP contribution in [0.15, 0.2) is 16.7 Å². The maximum Gasteiger partial charge on any atom is 0.303 e. The number of methoxy groups -OCH3 is 1. The number of furan rings is 1. The molecule has 0 aliphatic carbocycles. The lowest BCUT2D eigenvalue weighted by Crippen LogP contribution is -2.36. The summed E-state index contributed by atoms with van der Waals surface area (Å²) in [6, 6.07) is 1.95. The largest absolute Gasteiger partial charge is 0.474 e. The summed E-state index contributed by atoms with van der Waals surface area (Å²) in [5.41, 5.74) is 0.810. The quantitative estimate of drug-likeness (QED) is 0.283. The van der Waals surface area contributed by atoms with Crippen LogP contribution in [0.3, 0.4) is 0 Å². The molecule has 1 unspecified atom stereocenters. The van der Waals surface area contributed by atoms with Gasteiger partial charge in [0.2, 0.25) is 0 Å². The van der Waals surface area contributed by atoms with Gasteiger partial charge in [0, 0.05) is 19.6 Å². The van der Waals surface area contributed by atoms with Crippen LogP contribution in [-0.4, -0.2) is 47.8 Å². The highest BCUT2D eigenvalue weighted by atomic mass is 28.3. The van der Waals surface area contributed by atoms with Gasteiger partial charge in [0.15, 0.2) is 6.10 Å². The molecule has 0 saturated carbocycles. The third kappa shape index (κ3) is 6.74. The minimum absolute atomic E-state index is 0.125. The Morgan fingerprint density at radius 1 is 1.27 bits per heavy atom. The maximum atomic E-state index is 11.3. The summed E-state index contributed by atoms with van der Waals surface area (Å²) >= 11 is 0. The Morgan fingerprint density at radius 3 is 2.55 bits per heavy atom. The predicted octanol–water partition coefficient (Wildman–Crippen LogP) is 2.07. The van der Waals surface area contributed by atoms with Crippen LogP contribution in [0.4, 0.5) is 0 Å². The predicted molar refractivity (Wildman–Crippen MR) is 84.8 cm³/mol. The van der Waals surface area contributed by atoms with Crippen molar-refractivity contribution in [2.24, 2.45) is 0 Å². The molecule has 0 aliphatic rings. The highest BCUT2D eigenvalue weighted by Crippen LogP contribution is 2.19. The number of hydrogen-bond acceptors (Lipinski definition) is 6. The Bertz CT molecular complexity index is 451. The van der Waals surface area contributed by atoms with Gasteiger partial charge in [-0.2, -0.15) is 0 Å². The lowest BCUT2D eigenvalue weighted by molar-refractivity contribution is -0.154. The first kappa shape index (κ1) is 18.9. The summed E-state index contributed by atoms with van der Waals surface area (Å²) in [5.74, 6) is -0.357. The molecule has 1 heterocycles. The van der Waals surface area contributed by atoms with Crippen molar-refractivity contribution in [1.82, 2.24) is 0 Å². The van der Waals surface area contributed by atoms with E-state index in [4.69, 9.17) is 23.4 Å². The smallest absolute Gasteiger partial charge is 0.303 e. The Labute approximate surface area is 132 Å². The first-order chi connectivity index (χ1) is 10.3. The van der Waals surface area contributed by atoms with Crippen LogP contribution >= 0.6 is 0 Å². The molecule has 0 saturated heterocycles. The second-order valence-electron chi connectivity index (χ2n) is 5.98. The van der Waals surface area contributed by atoms with Crippen molar-refractivity contribution >= 4 is 19.4 Å². The molecule has 1 aromatic heterocycles. The van der Waals surface area contributed by atoms with Crippen molar-refractivity contribution < 1.29 is 28.2 Å². The van der Waals surface area contributed by atoms with E-state index in [1.165, 1.54) is 6.92 Å². The number of rotatable bonds is 10. The van der Waals surface area contributed by atoms with Crippen LogP contribution in [0.1, 0.15) is 18.6 Å². The Balaban J connectivity index is 2.57. The van der Waals surface area contributed by atoms with Crippen molar-refractivity contribution in [2.45, 2.75) is 32.7 Å². The van der Waals surface area contributed by atoms with E-state index in [9.17, 15) is 4.79 Å². The number of hydrogen-bond donors (Lipinski definition) is 0. The zero-order chi connectivity index (χ0) is 16.6. The molecule has 1 aromatic rings. The van der Waals surface area contributed by atoms with Crippen molar-refractivity contribution in [1.29, 1.82) is 0 Å². The zero-order valence-corrected chi connectivity index (χ0v) is 15.0. The minimum atomic E-state index is -1.54. The number of carbonyl (C=O) groups excluding carboxylic acids is 1. The second-order valence-corrected chi connectivity index (χ2v) is 11.0. The average molecular weight is 330 g/mol. The van der Waals surface area contributed by atoms with Gasteiger partial charge < -0.3 is 23.4 Å². The van der Waals surface area contributed by atoms with Gasteiger partial charge in [0.25, 0.3) is 0 Å². The van der Waals surface area contributed by atoms with Crippen molar-refractivity contribution in [3.63, 3.8) is 0 Å². The highest BCUT2D eigenvalue weighted by molar-refractivity contribution is 6.87. The standard InChI is InChI=1S/C15H26O6Si/c1-12(16)21-14(10-19-11-18-7-6-17-2)13-8-15(20-9-13)22(3,4)5/h8-9,14H,6-7,10-11H2,1-5H3. The lowest BCUT2D eigenvalue weighted by atomic mass is 10.2. The summed E-state index contributed by atoms with van der Waals surface area (Å²) < 4.78 is 26.4. The van der Waals surface area contributed by atoms with Gasteiger partial charge in [-0.05, 0) is 6.07 Å². The molecule has 0 spiro atoms. The third-order valence-electron chi connectivity index (χ3n) is 2.91. The molecular weight excluding hydrogens is 304 g/mol. The molecule has 0 aliphatic heterocycles. The normalized spacial score (nSPS) is 13.1. The van der Waals surface area contributed by atoms with E-state index >= 15 is 0 Å². The molecule has 0 N–H and O–H groups in total. The van der Waals surface area contributed by atoms with E-state index in [0.29, 0.717) is 13.2 Å². The van der Waals surface area contributed by atoms with Gasteiger partial charge in [-0.1, -0.05) is 19.6 Å². The van der Waals surface area contributed by atoms with Gasteiger partial charge in [0.1, 0.15) is 14.9 Å². The van der Waals surface area contributed by atoms with Crippen molar-refractivity contribution in [2.75, 3.05) is 33.7 Å². The maximum absolute atomic E-state index is 11.3. The Hall–Kier alpha value is -1.15. The minimum Gasteiger partial charge on any atom is -0.474 e. The summed E-state index contributed by atoms with van der Waals surface area (Å²) in [6.07, 6.45) is 1.15. The number of esters is 1. The first-order valence-corrected chi connectivity index (χ1v) is 10.7. The van der Waals surface area contributed by atoms with E-state index in [0.717, 1.165) is 10.9 Å². The van der Waals surface area contributed by atoms with E-state index in [1.54, 1.807) is 13.4 Å². The molecule has 126 valence electrons. The fourth-order valence-corrected chi connectivity index (χ4v) is 2.74.